The van der Waals surface area contributed by atoms with Gasteiger partial charge in [0.15, 0.2) is 0 Å². The maximum absolute atomic E-state index is 5.32. The van der Waals surface area contributed by atoms with Crippen LogP contribution in [0.4, 0.5) is 0 Å². The van der Waals surface area contributed by atoms with Crippen molar-refractivity contribution in [1.29, 1.82) is 0 Å². The van der Waals surface area contributed by atoms with E-state index in [1.54, 1.807) is 6.20 Å². The third kappa shape index (κ3) is 0.796. The van der Waals surface area contributed by atoms with Gasteiger partial charge in [-0.05, 0) is 12.5 Å². The van der Waals surface area contributed by atoms with E-state index >= 15 is 0 Å². The zero-order valence-corrected chi connectivity index (χ0v) is 4.31. The van der Waals surface area contributed by atoms with Gasteiger partial charge in [-0.15, -0.1) is 0 Å². The average molecular weight is 96.1 g/mol. The van der Waals surface area contributed by atoms with Gasteiger partial charge in [0, 0.05) is 12.6 Å². The number of nitrogens with zero attached hydrogens (tertiary/aromatic N) is 1. The first-order valence-corrected chi connectivity index (χ1v) is 2.27. The SMILES string of the molecule is CC1=CN=C(N)C1. The Morgan fingerprint density at radius 1 is 1.86 bits per heavy atom. The summed E-state index contributed by atoms with van der Waals surface area (Å²) in [4.78, 5) is 3.85. The van der Waals surface area contributed by atoms with Crippen LogP contribution in [0.2, 0.25) is 0 Å². The molecule has 0 spiro atoms. The molecular formula is C5H8N2. The Morgan fingerprint density at radius 3 is 2.71 bits per heavy atom. The second kappa shape index (κ2) is 1.37. The molecule has 0 atom stereocenters. The maximum Gasteiger partial charge on any atom is 0.103 e. The van der Waals surface area contributed by atoms with E-state index in [2.05, 4.69) is 4.99 Å². The molecule has 1 rings (SSSR count). The van der Waals surface area contributed by atoms with E-state index in [0.29, 0.717) is 0 Å². The molecule has 1 aliphatic rings. The van der Waals surface area contributed by atoms with Gasteiger partial charge in [-0.25, -0.2) is 4.99 Å². The number of hydrogen-bond acceptors (Lipinski definition) is 2. The van der Waals surface area contributed by atoms with E-state index in [1.165, 1.54) is 5.57 Å². The molecule has 2 heteroatoms. The standard InChI is InChI=1S/C5H8N2/c1-4-2-5(6)7-3-4/h3H,2H2,1H3,(H2,6,7). The highest BCUT2D eigenvalue weighted by Gasteiger charge is 1.98. The molecular weight excluding hydrogens is 88.1 g/mol. The van der Waals surface area contributed by atoms with Crippen LogP contribution in [-0.4, -0.2) is 5.84 Å². The highest BCUT2D eigenvalue weighted by molar-refractivity contribution is 5.85. The number of amidine groups is 1. The number of hydrogen-bond donors (Lipinski definition) is 1. The molecule has 0 aromatic heterocycles. The van der Waals surface area contributed by atoms with Crippen molar-refractivity contribution in [1.82, 2.24) is 0 Å². The normalized spacial score (nSPS) is 19.0. The predicted octanol–water partition coefficient (Wildman–Crippen LogP) is 0.651. The van der Waals surface area contributed by atoms with Crippen LogP contribution in [0, 0.1) is 0 Å². The van der Waals surface area contributed by atoms with Gasteiger partial charge in [0.25, 0.3) is 0 Å². The molecule has 0 unspecified atom stereocenters. The molecule has 1 heterocycles. The van der Waals surface area contributed by atoms with Gasteiger partial charge >= 0.3 is 0 Å². The van der Waals surface area contributed by atoms with E-state index in [0.717, 1.165) is 12.3 Å². The van der Waals surface area contributed by atoms with Crippen LogP contribution in [0.1, 0.15) is 13.3 Å². The Labute approximate surface area is 42.7 Å². The molecule has 1 aliphatic heterocycles. The minimum atomic E-state index is 0.734. The third-order valence-corrected chi connectivity index (χ3v) is 0.911. The molecule has 0 radical (unpaired) electrons. The van der Waals surface area contributed by atoms with Crippen molar-refractivity contribution in [2.24, 2.45) is 10.7 Å². The van der Waals surface area contributed by atoms with Crippen molar-refractivity contribution in [3.8, 4) is 0 Å². The molecule has 0 saturated carbocycles. The Bertz CT molecular complexity index is 117. The summed E-state index contributed by atoms with van der Waals surface area (Å²) in [5, 5.41) is 0. The van der Waals surface area contributed by atoms with Crippen LogP contribution >= 0.6 is 0 Å². The van der Waals surface area contributed by atoms with E-state index < -0.39 is 0 Å². The molecule has 0 aliphatic carbocycles. The Kier molecular flexibility index (Phi) is 0.855. The number of nitrogens with two attached hydrogens (primary N) is 1. The summed E-state index contributed by atoms with van der Waals surface area (Å²) in [5.74, 6) is 0.734. The molecule has 0 amide bonds. The number of aliphatic imine (C=N–C) groups is 1. The second-order valence-corrected chi connectivity index (χ2v) is 1.77. The third-order valence-electron chi connectivity index (χ3n) is 0.911. The smallest absolute Gasteiger partial charge is 0.103 e. The molecule has 2 N–H and O–H groups in total. The zero-order valence-electron chi connectivity index (χ0n) is 4.31. The first-order chi connectivity index (χ1) is 3.29. The molecule has 2 nitrogen and oxygen atoms in total. The van der Waals surface area contributed by atoms with Crippen LogP contribution in [0.15, 0.2) is 16.8 Å². The summed E-state index contributed by atoms with van der Waals surface area (Å²) < 4.78 is 0. The van der Waals surface area contributed by atoms with Crippen LogP contribution in [-0.2, 0) is 0 Å². The van der Waals surface area contributed by atoms with E-state index in [4.69, 9.17) is 5.73 Å². The van der Waals surface area contributed by atoms with Gasteiger partial charge in [0.05, 0.1) is 0 Å². The largest absolute Gasteiger partial charge is 0.387 e. The van der Waals surface area contributed by atoms with Crippen molar-refractivity contribution in [2.75, 3.05) is 0 Å². The fourth-order valence-electron chi connectivity index (χ4n) is 0.570. The van der Waals surface area contributed by atoms with E-state index in [1.807, 2.05) is 6.92 Å². The summed E-state index contributed by atoms with van der Waals surface area (Å²) >= 11 is 0. The van der Waals surface area contributed by atoms with Crippen molar-refractivity contribution >= 4 is 5.84 Å². The van der Waals surface area contributed by atoms with Crippen molar-refractivity contribution in [3.63, 3.8) is 0 Å². The monoisotopic (exact) mass is 96.1 g/mol. The maximum atomic E-state index is 5.32. The summed E-state index contributed by atoms with van der Waals surface area (Å²) in [6, 6.07) is 0. The van der Waals surface area contributed by atoms with Gasteiger partial charge in [0.2, 0.25) is 0 Å². The molecule has 0 aromatic rings. The summed E-state index contributed by atoms with van der Waals surface area (Å²) in [6.45, 7) is 2.02. The van der Waals surface area contributed by atoms with Crippen molar-refractivity contribution in [2.45, 2.75) is 13.3 Å². The lowest BCUT2D eigenvalue weighted by atomic mass is 10.2. The van der Waals surface area contributed by atoms with E-state index in [9.17, 15) is 0 Å². The molecule has 0 fully saturated rings. The van der Waals surface area contributed by atoms with Crippen LogP contribution < -0.4 is 5.73 Å². The van der Waals surface area contributed by atoms with Gasteiger partial charge < -0.3 is 5.73 Å². The zero-order chi connectivity index (χ0) is 5.28. The first kappa shape index (κ1) is 4.37. The highest BCUT2D eigenvalue weighted by Crippen LogP contribution is 2.05. The second-order valence-electron chi connectivity index (χ2n) is 1.77. The Hall–Kier alpha value is -0.790. The lowest BCUT2D eigenvalue weighted by Gasteiger charge is -1.84. The fraction of sp³-hybridized carbons (Fsp3) is 0.400. The molecule has 7 heavy (non-hydrogen) atoms. The lowest BCUT2D eigenvalue weighted by Crippen LogP contribution is -2.07. The Balaban J connectivity index is 2.61. The summed E-state index contributed by atoms with van der Waals surface area (Å²) in [5.41, 5.74) is 6.57. The van der Waals surface area contributed by atoms with Crippen LogP contribution in [0.5, 0.6) is 0 Å². The minimum absolute atomic E-state index is 0.734. The molecule has 38 valence electrons. The van der Waals surface area contributed by atoms with Crippen molar-refractivity contribution < 1.29 is 0 Å². The van der Waals surface area contributed by atoms with Gasteiger partial charge in [-0.1, -0.05) is 0 Å². The lowest BCUT2D eigenvalue weighted by molar-refractivity contribution is 1.29. The summed E-state index contributed by atoms with van der Waals surface area (Å²) in [6.07, 6.45) is 2.66. The average Bonchev–Trinajstić information content (AvgIpc) is 1.87. The van der Waals surface area contributed by atoms with Gasteiger partial charge in [0.1, 0.15) is 5.84 Å². The predicted molar refractivity (Wildman–Crippen MR) is 30.0 cm³/mol. The van der Waals surface area contributed by atoms with E-state index in [-0.39, 0.29) is 0 Å². The Morgan fingerprint density at radius 2 is 2.57 bits per heavy atom. The summed E-state index contributed by atoms with van der Waals surface area (Å²) in [7, 11) is 0. The molecule has 0 bridgehead atoms. The van der Waals surface area contributed by atoms with Gasteiger partial charge in [-0.2, -0.15) is 0 Å². The van der Waals surface area contributed by atoms with Gasteiger partial charge in [-0.3, -0.25) is 0 Å². The van der Waals surface area contributed by atoms with Crippen LogP contribution in [0.3, 0.4) is 0 Å². The fourth-order valence-corrected chi connectivity index (χ4v) is 0.570. The number of rotatable bonds is 0. The van der Waals surface area contributed by atoms with Crippen molar-refractivity contribution in [3.05, 3.63) is 11.8 Å². The molecule has 0 saturated heterocycles. The minimum Gasteiger partial charge on any atom is -0.387 e. The quantitative estimate of drug-likeness (QED) is 0.472. The molecule has 0 aromatic carbocycles. The topological polar surface area (TPSA) is 38.4 Å². The first-order valence-electron chi connectivity index (χ1n) is 2.27. The van der Waals surface area contributed by atoms with Crippen LogP contribution in [0.25, 0.3) is 0 Å². The highest BCUT2D eigenvalue weighted by atomic mass is 14.9.